The maximum absolute atomic E-state index is 13.2. The van der Waals surface area contributed by atoms with Crippen molar-refractivity contribution in [1.29, 1.82) is 0 Å². The highest BCUT2D eigenvalue weighted by atomic mass is 32.2. The van der Waals surface area contributed by atoms with Crippen LogP contribution in [0.15, 0.2) is 53.4 Å². The van der Waals surface area contributed by atoms with Crippen LogP contribution in [0.5, 0.6) is 0 Å². The van der Waals surface area contributed by atoms with Gasteiger partial charge in [-0.15, -0.1) is 0 Å². The van der Waals surface area contributed by atoms with Gasteiger partial charge >= 0.3 is 0 Å². The summed E-state index contributed by atoms with van der Waals surface area (Å²) in [6, 6.07) is 12.7. The zero-order chi connectivity index (χ0) is 21.2. The molecule has 0 bridgehead atoms. The molecule has 156 valence electrons. The van der Waals surface area contributed by atoms with Crippen LogP contribution in [-0.4, -0.2) is 44.8 Å². The molecule has 2 aromatic rings. The molecule has 0 radical (unpaired) electrons. The van der Waals surface area contributed by atoms with Crippen LogP contribution < -0.4 is 10.2 Å². The molecule has 1 aliphatic carbocycles. The van der Waals surface area contributed by atoms with Crippen molar-refractivity contribution in [2.24, 2.45) is 0 Å². The number of carbonyl (C=O) groups is 1. The number of rotatable bonds is 8. The van der Waals surface area contributed by atoms with Crippen LogP contribution in [0, 0.1) is 5.82 Å². The van der Waals surface area contributed by atoms with Crippen molar-refractivity contribution >= 4 is 21.6 Å². The SMILES string of the molecule is C[C@H](C(=O)Nc1cccc(S(=O)(=O)N(C)C)c1)[NH+](Cc1ccc(F)cc1)C1CC1. The topological polar surface area (TPSA) is 70.9 Å². The third kappa shape index (κ3) is 5.20. The first kappa shape index (κ1) is 21.4. The van der Waals surface area contributed by atoms with Crippen LogP contribution >= 0.6 is 0 Å². The fraction of sp³-hybridized carbons (Fsp3) is 0.381. The minimum absolute atomic E-state index is 0.130. The number of benzene rings is 2. The van der Waals surface area contributed by atoms with E-state index in [0.717, 1.165) is 27.6 Å². The second kappa shape index (κ2) is 8.61. The van der Waals surface area contributed by atoms with Crippen molar-refractivity contribution in [2.45, 2.75) is 43.3 Å². The van der Waals surface area contributed by atoms with Crippen LogP contribution in [0.25, 0.3) is 0 Å². The molecule has 1 saturated carbocycles. The third-order valence-electron chi connectivity index (χ3n) is 5.25. The number of amides is 1. The van der Waals surface area contributed by atoms with Gasteiger partial charge in [-0.25, -0.2) is 17.1 Å². The molecule has 29 heavy (non-hydrogen) atoms. The minimum atomic E-state index is -3.57. The molecule has 1 unspecified atom stereocenters. The van der Waals surface area contributed by atoms with Gasteiger partial charge < -0.3 is 10.2 Å². The molecule has 2 aromatic carbocycles. The second-order valence-electron chi connectivity index (χ2n) is 7.68. The lowest BCUT2D eigenvalue weighted by Gasteiger charge is -2.25. The molecule has 0 heterocycles. The molecule has 2 N–H and O–H groups in total. The van der Waals surface area contributed by atoms with Crippen LogP contribution in [0.2, 0.25) is 0 Å². The van der Waals surface area contributed by atoms with Crippen molar-refractivity contribution in [3.05, 3.63) is 59.9 Å². The predicted molar refractivity (Wildman–Crippen MR) is 109 cm³/mol. The zero-order valence-electron chi connectivity index (χ0n) is 16.9. The number of sulfonamides is 1. The van der Waals surface area contributed by atoms with Gasteiger partial charge in [0.15, 0.2) is 6.04 Å². The fourth-order valence-electron chi connectivity index (χ4n) is 3.31. The largest absolute Gasteiger partial charge is 0.321 e. The molecule has 1 amide bonds. The maximum atomic E-state index is 13.2. The Labute approximate surface area is 171 Å². The van der Waals surface area contributed by atoms with Crippen molar-refractivity contribution in [2.75, 3.05) is 19.4 Å². The molecular weight excluding hydrogens is 393 g/mol. The van der Waals surface area contributed by atoms with Crippen LogP contribution in [-0.2, 0) is 21.4 Å². The van der Waals surface area contributed by atoms with E-state index < -0.39 is 10.0 Å². The van der Waals surface area contributed by atoms with E-state index in [9.17, 15) is 17.6 Å². The summed E-state index contributed by atoms with van der Waals surface area (Å²) in [6.07, 6.45) is 2.12. The molecule has 2 atom stereocenters. The van der Waals surface area contributed by atoms with Gasteiger partial charge in [-0.1, -0.05) is 18.2 Å². The number of carbonyl (C=O) groups excluding carboxylic acids is 1. The molecule has 0 spiro atoms. The average Bonchev–Trinajstić information content (AvgIpc) is 3.52. The summed E-state index contributed by atoms with van der Waals surface area (Å²) in [5.41, 5.74) is 1.42. The van der Waals surface area contributed by atoms with Crippen LogP contribution in [0.1, 0.15) is 25.3 Å². The Hall–Kier alpha value is -2.29. The summed E-state index contributed by atoms with van der Waals surface area (Å²) in [7, 11) is -0.639. The Morgan fingerprint density at radius 1 is 1.21 bits per heavy atom. The van der Waals surface area contributed by atoms with Gasteiger partial charge in [0, 0.05) is 38.2 Å². The summed E-state index contributed by atoms with van der Waals surface area (Å²) in [5.74, 6) is -0.450. The average molecular weight is 421 g/mol. The number of nitrogens with one attached hydrogen (secondary N) is 2. The van der Waals surface area contributed by atoms with Gasteiger partial charge in [-0.2, -0.15) is 0 Å². The van der Waals surface area contributed by atoms with E-state index in [0.29, 0.717) is 18.3 Å². The summed E-state index contributed by atoms with van der Waals surface area (Å²) < 4.78 is 38.9. The molecule has 0 aliphatic heterocycles. The molecule has 3 rings (SSSR count). The Bertz CT molecular complexity index is 973. The van der Waals surface area contributed by atoms with Crippen molar-refractivity contribution < 1.29 is 22.5 Å². The Morgan fingerprint density at radius 3 is 2.45 bits per heavy atom. The molecule has 0 saturated heterocycles. The van der Waals surface area contributed by atoms with Gasteiger partial charge in [0.05, 0.1) is 10.9 Å². The quantitative estimate of drug-likeness (QED) is 0.682. The van der Waals surface area contributed by atoms with E-state index >= 15 is 0 Å². The summed E-state index contributed by atoms with van der Waals surface area (Å²) in [6.45, 7) is 2.50. The first-order valence-corrected chi connectivity index (χ1v) is 11.1. The maximum Gasteiger partial charge on any atom is 0.282 e. The van der Waals surface area contributed by atoms with Crippen molar-refractivity contribution in [3.8, 4) is 0 Å². The molecule has 1 aliphatic rings. The molecule has 8 heteroatoms. The number of halogens is 1. The summed E-state index contributed by atoms with van der Waals surface area (Å²) in [5, 5.41) is 2.85. The highest BCUT2D eigenvalue weighted by Gasteiger charge is 2.39. The Kier molecular flexibility index (Phi) is 6.36. The second-order valence-corrected chi connectivity index (χ2v) is 9.83. The van der Waals surface area contributed by atoms with E-state index in [1.165, 1.54) is 38.4 Å². The first-order valence-electron chi connectivity index (χ1n) is 9.62. The van der Waals surface area contributed by atoms with E-state index in [1.807, 2.05) is 6.92 Å². The standard InChI is InChI=1S/C21H26FN3O3S/c1-15(25(19-11-12-19)14-16-7-9-17(22)10-8-16)21(26)23-18-5-4-6-20(13-18)29(27,28)24(2)3/h4-10,13,15,19H,11-12,14H2,1-3H3,(H,23,26)/p+1/t15-/m1/s1. The van der Waals surface area contributed by atoms with E-state index in [4.69, 9.17) is 0 Å². The number of anilines is 1. The Balaban J connectivity index is 1.73. The molecular formula is C21H27FN3O3S+. The summed E-state index contributed by atoms with van der Waals surface area (Å²) >= 11 is 0. The van der Waals surface area contributed by atoms with Gasteiger partial charge in [0.2, 0.25) is 10.0 Å². The number of quaternary nitrogens is 1. The molecule has 6 nitrogen and oxygen atoms in total. The van der Waals surface area contributed by atoms with Crippen molar-refractivity contribution in [3.63, 3.8) is 0 Å². The molecule has 1 fully saturated rings. The lowest BCUT2D eigenvalue weighted by atomic mass is 10.1. The lowest BCUT2D eigenvalue weighted by molar-refractivity contribution is -0.938. The van der Waals surface area contributed by atoms with Crippen molar-refractivity contribution in [1.82, 2.24) is 4.31 Å². The highest BCUT2D eigenvalue weighted by molar-refractivity contribution is 7.89. The number of hydrogen-bond donors (Lipinski definition) is 2. The van der Waals surface area contributed by atoms with E-state index in [1.54, 1.807) is 24.3 Å². The normalized spacial score (nSPS) is 16.4. The minimum Gasteiger partial charge on any atom is -0.321 e. The smallest absolute Gasteiger partial charge is 0.282 e. The Morgan fingerprint density at radius 2 is 1.86 bits per heavy atom. The zero-order valence-corrected chi connectivity index (χ0v) is 17.7. The lowest BCUT2D eigenvalue weighted by Crippen LogP contribution is -3.16. The fourth-order valence-corrected chi connectivity index (χ4v) is 4.26. The van der Waals surface area contributed by atoms with Gasteiger partial charge in [0.1, 0.15) is 12.4 Å². The van der Waals surface area contributed by atoms with E-state index in [2.05, 4.69) is 5.32 Å². The highest BCUT2D eigenvalue weighted by Crippen LogP contribution is 2.19. The number of hydrogen-bond acceptors (Lipinski definition) is 3. The predicted octanol–water partition coefficient (Wildman–Crippen LogP) is 1.65. The summed E-state index contributed by atoms with van der Waals surface area (Å²) in [4.78, 5) is 14.1. The van der Waals surface area contributed by atoms with Gasteiger partial charge in [0.25, 0.3) is 5.91 Å². The number of nitrogens with zero attached hydrogens (tertiary/aromatic N) is 1. The van der Waals surface area contributed by atoms with Crippen LogP contribution in [0.4, 0.5) is 10.1 Å². The third-order valence-corrected chi connectivity index (χ3v) is 7.06. The molecule has 0 aromatic heterocycles. The monoisotopic (exact) mass is 420 g/mol. The van der Waals surface area contributed by atoms with Gasteiger partial charge in [-0.05, 0) is 37.3 Å². The first-order chi connectivity index (χ1) is 13.7. The van der Waals surface area contributed by atoms with Crippen LogP contribution in [0.3, 0.4) is 0 Å². The van der Waals surface area contributed by atoms with E-state index in [-0.39, 0.29) is 22.7 Å². The van der Waals surface area contributed by atoms with Gasteiger partial charge in [-0.3, -0.25) is 4.79 Å².